The molecule has 1 N–H and O–H groups in total. The van der Waals surface area contributed by atoms with E-state index in [1.165, 1.54) is 42.5 Å². The van der Waals surface area contributed by atoms with Crippen LogP contribution in [0.4, 0.5) is 5.69 Å². The van der Waals surface area contributed by atoms with Gasteiger partial charge in [0, 0.05) is 29.5 Å². The first-order valence-corrected chi connectivity index (χ1v) is 7.04. The molecule has 3 rings (SSSR count). The van der Waals surface area contributed by atoms with Gasteiger partial charge in [-0.15, -0.1) is 0 Å². The van der Waals surface area contributed by atoms with Crippen molar-refractivity contribution in [1.29, 1.82) is 0 Å². The Kier molecular flexibility index (Phi) is 3.57. The van der Waals surface area contributed by atoms with Crippen LogP contribution in [0.5, 0.6) is 5.75 Å². The van der Waals surface area contributed by atoms with Crippen LogP contribution in [0.2, 0.25) is 0 Å². The summed E-state index contributed by atoms with van der Waals surface area (Å²) in [6.45, 7) is 1.85. The van der Waals surface area contributed by atoms with Crippen LogP contribution in [0, 0.1) is 10.1 Å². The number of carbonyl (C=O) groups excluding carboxylic acids is 1. The molecule has 2 aromatic carbocycles. The number of aromatic hydroxyl groups is 1. The Hall–Kier alpha value is -3.15. The number of nitro benzene ring substituents is 1. The minimum absolute atomic E-state index is 0.0601. The van der Waals surface area contributed by atoms with E-state index < -0.39 is 4.92 Å². The summed E-state index contributed by atoms with van der Waals surface area (Å²) in [7, 11) is 0. The molecule has 1 aromatic heterocycles. The van der Waals surface area contributed by atoms with Gasteiger partial charge in [-0.05, 0) is 30.3 Å². The number of furan rings is 1. The Labute approximate surface area is 131 Å². The van der Waals surface area contributed by atoms with Crippen LogP contribution in [-0.4, -0.2) is 15.8 Å². The number of phenolic OH excluding ortho intramolecular Hbond substituents is 1. The van der Waals surface area contributed by atoms with E-state index >= 15 is 0 Å². The van der Waals surface area contributed by atoms with Crippen LogP contribution in [-0.2, 0) is 6.42 Å². The number of hydrogen-bond donors (Lipinski definition) is 1. The predicted octanol–water partition coefficient (Wildman–Crippen LogP) is 3.84. The Morgan fingerprint density at radius 3 is 2.52 bits per heavy atom. The molecule has 6 heteroatoms. The number of nitro groups is 1. The van der Waals surface area contributed by atoms with Crippen LogP contribution >= 0.6 is 0 Å². The smallest absolute Gasteiger partial charge is 0.270 e. The van der Waals surface area contributed by atoms with E-state index in [0.717, 1.165) is 0 Å². The zero-order valence-corrected chi connectivity index (χ0v) is 12.3. The standard InChI is InChI=1S/C17H13NO5/c1-2-14-16(17(20)10-3-6-12(19)7-4-10)13-9-11(18(21)22)5-8-15(13)23-14/h3-9,19H,2H2,1H3. The number of ketones is 1. The highest BCUT2D eigenvalue weighted by molar-refractivity contribution is 6.17. The van der Waals surface area contributed by atoms with Crippen molar-refractivity contribution in [2.24, 2.45) is 0 Å². The Morgan fingerprint density at radius 1 is 1.22 bits per heavy atom. The lowest BCUT2D eigenvalue weighted by atomic mass is 9.99. The van der Waals surface area contributed by atoms with Crippen molar-refractivity contribution in [3.05, 3.63) is 69.5 Å². The Bertz CT molecular complexity index is 909. The van der Waals surface area contributed by atoms with E-state index in [1.54, 1.807) is 0 Å². The summed E-state index contributed by atoms with van der Waals surface area (Å²) in [4.78, 5) is 23.2. The highest BCUT2D eigenvalue weighted by atomic mass is 16.6. The van der Waals surface area contributed by atoms with Crippen LogP contribution in [0.15, 0.2) is 46.9 Å². The molecule has 0 atom stereocenters. The summed E-state index contributed by atoms with van der Waals surface area (Å²) in [6, 6.07) is 10.1. The lowest BCUT2D eigenvalue weighted by molar-refractivity contribution is -0.384. The molecule has 3 aromatic rings. The number of rotatable bonds is 4. The highest BCUT2D eigenvalue weighted by Crippen LogP contribution is 2.31. The molecule has 0 fully saturated rings. The van der Waals surface area contributed by atoms with Crippen molar-refractivity contribution < 1.29 is 19.2 Å². The maximum Gasteiger partial charge on any atom is 0.270 e. The van der Waals surface area contributed by atoms with Crippen molar-refractivity contribution in [3.8, 4) is 5.75 Å². The molecule has 0 saturated carbocycles. The fourth-order valence-electron chi connectivity index (χ4n) is 2.50. The molecular formula is C17H13NO5. The number of non-ortho nitro benzene ring substituents is 1. The number of benzene rings is 2. The summed E-state index contributed by atoms with van der Waals surface area (Å²) in [5, 5.41) is 20.7. The number of hydrogen-bond acceptors (Lipinski definition) is 5. The van der Waals surface area contributed by atoms with Gasteiger partial charge in [-0.2, -0.15) is 0 Å². The van der Waals surface area contributed by atoms with E-state index in [-0.39, 0.29) is 17.2 Å². The number of nitrogens with zero attached hydrogens (tertiary/aromatic N) is 1. The van der Waals surface area contributed by atoms with Crippen LogP contribution in [0.25, 0.3) is 11.0 Å². The zero-order chi connectivity index (χ0) is 16.6. The summed E-state index contributed by atoms with van der Waals surface area (Å²) in [6.07, 6.45) is 0.488. The number of phenols is 1. The summed E-state index contributed by atoms with van der Waals surface area (Å²) < 4.78 is 5.66. The fraction of sp³-hybridized carbons (Fsp3) is 0.118. The normalized spacial score (nSPS) is 10.8. The summed E-state index contributed by atoms with van der Waals surface area (Å²) >= 11 is 0. The molecule has 0 amide bonds. The zero-order valence-electron chi connectivity index (χ0n) is 12.3. The van der Waals surface area contributed by atoms with Crippen molar-refractivity contribution in [1.82, 2.24) is 0 Å². The topological polar surface area (TPSA) is 93.6 Å². The molecule has 0 aliphatic heterocycles. The summed E-state index contributed by atoms with van der Waals surface area (Å²) in [5.41, 5.74) is 1.05. The van der Waals surface area contributed by atoms with Crippen molar-refractivity contribution in [3.63, 3.8) is 0 Å². The molecule has 0 unspecified atom stereocenters. The van der Waals surface area contributed by atoms with Gasteiger partial charge in [-0.1, -0.05) is 6.92 Å². The Balaban J connectivity index is 2.21. The molecule has 1 heterocycles. The van der Waals surface area contributed by atoms with Gasteiger partial charge < -0.3 is 9.52 Å². The van der Waals surface area contributed by atoms with Gasteiger partial charge in [-0.3, -0.25) is 14.9 Å². The first-order valence-electron chi connectivity index (χ1n) is 7.04. The highest BCUT2D eigenvalue weighted by Gasteiger charge is 2.23. The molecule has 0 aliphatic carbocycles. The number of carbonyl (C=O) groups is 1. The van der Waals surface area contributed by atoms with Gasteiger partial charge in [0.1, 0.15) is 17.1 Å². The maximum absolute atomic E-state index is 12.8. The van der Waals surface area contributed by atoms with Gasteiger partial charge >= 0.3 is 0 Å². The molecule has 0 spiro atoms. The van der Waals surface area contributed by atoms with E-state index in [9.17, 15) is 20.0 Å². The molecule has 116 valence electrons. The molecule has 6 nitrogen and oxygen atoms in total. The van der Waals surface area contributed by atoms with Crippen LogP contribution < -0.4 is 0 Å². The SMILES string of the molecule is CCc1oc2ccc([N+](=O)[O-])cc2c1C(=O)c1ccc(O)cc1. The van der Waals surface area contributed by atoms with Crippen molar-refractivity contribution in [2.75, 3.05) is 0 Å². The van der Waals surface area contributed by atoms with E-state index in [2.05, 4.69) is 0 Å². The lowest BCUT2D eigenvalue weighted by Crippen LogP contribution is -2.03. The first-order chi connectivity index (χ1) is 11.0. The molecule has 0 radical (unpaired) electrons. The fourth-order valence-corrected chi connectivity index (χ4v) is 2.50. The second-order valence-corrected chi connectivity index (χ2v) is 5.07. The quantitative estimate of drug-likeness (QED) is 0.449. The predicted molar refractivity (Wildman–Crippen MR) is 83.8 cm³/mol. The minimum atomic E-state index is -0.507. The van der Waals surface area contributed by atoms with E-state index in [0.29, 0.717) is 34.3 Å². The largest absolute Gasteiger partial charge is 0.508 e. The van der Waals surface area contributed by atoms with Crippen molar-refractivity contribution >= 4 is 22.4 Å². The van der Waals surface area contributed by atoms with Gasteiger partial charge in [0.15, 0.2) is 5.78 Å². The first kappa shape index (κ1) is 14.8. The van der Waals surface area contributed by atoms with Gasteiger partial charge in [0.25, 0.3) is 5.69 Å². The Morgan fingerprint density at radius 2 is 1.91 bits per heavy atom. The number of aryl methyl sites for hydroxylation is 1. The monoisotopic (exact) mass is 311 g/mol. The average molecular weight is 311 g/mol. The molecular weight excluding hydrogens is 298 g/mol. The third-order valence-electron chi connectivity index (χ3n) is 3.63. The van der Waals surface area contributed by atoms with E-state index in [4.69, 9.17) is 4.42 Å². The second kappa shape index (κ2) is 5.57. The van der Waals surface area contributed by atoms with E-state index in [1.807, 2.05) is 6.92 Å². The van der Waals surface area contributed by atoms with Crippen LogP contribution in [0.1, 0.15) is 28.6 Å². The summed E-state index contributed by atoms with van der Waals surface area (Å²) in [5.74, 6) is 0.254. The van der Waals surface area contributed by atoms with Gasteiger partial charge in [0.05, 0.1) is 10.5 Å². The minimum Gasteiger partial charge on any atom is -0.508 e. The second-order valence-electron chi connectivity index (χ2n) is 5.07. The third-order valence-corrected chi connectivity index (χ3v) is 3.63. The van der Waals surface area contributed by atoms with Gasteiger partial charge in [-0.25, -0.2) is 0 Å². The third kappa shape index (κ3) is 2.55. The van der Waals surface area contributed by atoms with Crippen LogP contribution in [0.3, 0.4) is 0 Å². The van der Waals surface area contributed by atoms with Crippen molar-refractivity contribution in [2.45, 2.75) is 13.3 Å². The molecule has 23 heavy (non-hydrogen) atoms. The lowest BCUT2D eigenvalue weighted by Gasteiger charge is -2.02. The average Bonchev–Trinajstić information content (AvgIpc) is 2.92. The number of fused-ring (bicyclic) bond motifs is 1. The molecule has 0 saturated heterocycles. The maximum atomic E-state index is 12.8. The molecule has 0 aliphatic rings. The van der Waals surface area contributed by atoms with Gasteiger partial charge in [0.2, 0.25) is 0 Å². The molecule has 0 bridgehead atoms.